The lowest BCUT2D eigenvalue weighted by Crippen LogP contribution is -2.36. The minimum absolute atomic E-state index is 0.251. The Balaban J connectivity index is 2.72. The minimum Gasteiger partial charge on any atom is -0.493 e. The molecule has 1 aromatic carbocycles. The molecular formula is C16H27NO3. The van der Waals surface area contributed by atoms with Gasteiger partial charge in [0.15, 0.2) is 11.5 Å². The summed E-state index contributed by atoms with van der Waals surface area (Å²) in [5.41, 5.74) is 1.21. The number of hydrogen-bond donors (Lipinski definition) is 1. The highest BCUT2D eigenvalue weighted by molar-refractivity contribution is 5.43. The van der Waals surface area contributed by atoms with E-state index in [1.165, 1.54) is 5.56 Å². The van der Waals surface area contributed by atoms with Gasteiger partial charge in [0, 0.05) is 6.04 Å². The average molecular weight is 281 g/mol. The van der Waals surface area contributed by atoms with Crippen molar-refractivity contribution < 1.29 is 14.2 Å². The minimum atomic E-state index is 0.251. The summed E-state index contributed by atoms with van der Waals surface area (Å²) >= 11 is 0. The Morgan fingerprint density at radius 2 is 1.80 bits per heavy atom. The van der Waals surface area contributed by atoms with Crippen LogP contribution in [-0.2, 0) is 11.2 Å². The smallest absolute Gasteiger partial charge is 0.160 e. The van der Waals surface area contributed by atoms with Crippen molar-refractivity contribution in [2.75, 3.05) is 27.4 Å². The van der Waals surface area contributed by atoms with Gasteiger partial charge >= 0.3 is 0 Å². The number of hydrogen-bond acceptors (Lipinski definition) is 4. The molecule has 1 atom stereocenters. The van der Waals surface area contributed by atoms with Crippen LogP contribution in [0.15, 0.2) is 18.2 Å². The Morgan fingerprint density at radius 3 is 2.35 bits per heavy atom. The van der Waals surface area contributed by atoms with Gasteiger partial charge in [-0.3, -0.25) is 0 Å². The lowest BCUT2D eigenvalue weighted by Gasteiger charge is -2.20. The summed E-state index contributed by atoms with van der Waals surface area (Å²) in [7, 11) is 3.31. The van der Waals surface area contributed by atoms with Crippen LogP contribution in [0.5, 0.6) is 11.5 Å². The van der Waals surface area contributed by atoms with E-state index in [1.54, 1.807) is 14.2 Å². The molecule has 0 saturated heterocycles. The quantitative estimate of drug-likeness (QED) is 0.755. The van der Waals surface area contributed by atoms with Crippen LogP contribution < -0.4 is 14.8 Å². The molecule has 20 heavy (non-hydrogen) atoms. The zero-order chi connectivity index (χ0) is 15.0. The third-order valence-electron chi connectivity index (χ3n) is 3.05. The molecule has 1 unspecified atom stereocenters. The van der Waals surface area contributed by atoms with Gasteiger partial charge in [0.05, 0.1) is 26.9 Å². The summed E-state index contributed by atoms with van der Waals surface area (Å²) in [5, 5.41) is 3.46. The van der Waals surface area contributed by atoms with Gasteiger partial charge < -0.3 is 19.5 Å². The first-order chi connectivity index (χ1) is 9.60. The summed E-state index contributed by atoms with van der Waals surface area (Å²) in [6, 6.07) is 6.35. The molecule has 0 radical (unpaired) electrons. The van der Waals surface area contributed by atoms with Gasteiger partial charge in [0.25, 0.3) is 0 Å². The summed E-state index contributed by atoms with van der Waals surface area (Å²) in [6.45, 7) is 7.86. The Morgan fingerprint density at radius 1 is 1.10 bits per heavy atom. The molecule has 1 N–H and O–H groups in total. The standard InChI is InChI=1S/C16H27NO3/c1-6-17-14(11-20-12(2)3)9-13-7-8-15(18-4)16(10-13)19-5/h7-8,10,12,14,17H,6,9,11H2,1-5H3. The highest BCUT2D eigenvalue weighted by Crippen LogP contribution is 2.28. The van der Waals surface area contributed by atoms with Crippen molar-refractivity contribution in [1.82, 2.24) is 5.32 Å². The number of likely N-dealkylation sites (N-methyl/N-ethyl adjacent to an activating group) is 1. The molecule has 0 amide bonds. The second-order valence-electron chi connectivity index (χ2n) is 5.03. The molecule has 4 heteroatoms. The molecule has 1 rings (SSSR count). The van der Waals surface area contributed by atoms with Crippen LogP contribution in [0.4, 0.5) is 0 Å². The van der Waals surface area contributed by atoms with Crippen molar-refractivity contribution in [2.45, 2.75) is 39.3 Å². The van der Waals surface area contributed by atoms with Gasteiger partial charge in [-0.05, 0) is 44.5 Å². The Bertz CT molecular complexity index is 393. The van der Waals surface area contributed by atoms with E-state index in [0.29, 0.717) is 12.6 Å². The fraction of sp³-hybridized carbons (Fsp3) is 0.625. The first kappa shape index (κ1) is 16.8. The maximum atomic E-state index is 5.71. The molecule has 0 aliphatic heterocycles. The van der Waals surface area contributed by atoms with Crippen LogP contribution in [-0.4, -0.2) is 39.5 Å². The molecule has 0 fully saturated rings. The van der Waals surface area contributed by atoms with Crippen LogP contribution in [0.25, 0.3) is 0 Å². The second-order valence-corrected chi connectivity index (χ2v) is 5.03. The van der Waals surface area contributed by atoms with Crippen LogP contribution >= 0.6 is 0 Å². The predicted molar refractivity (Wildman–Crippen MR) is 81.8 cm³/mol. The van der Waals surface area contributed by atoms with Crippen molar-refractivity contribution in [3.05, 3.63) is 23.8 Å². The SMILES string of the molecule is CCNC(COC(C)C)Cc1ccc(OC)c(OC)c1. The van der Waals surface area contributed by atoms with E-state index >= 15 is 0 Å². The fourth-order valence-electron chi connectivity index (χ4n) is 2.08. The van der Waals surface area contributed by atoms with Crippen molar-refractivity contribution in [3.63, 3.8) is 0 Å². The maximum Gasteiger partial charge on any atom is 0.160 e. The third-order valence-corrected chi connectivity index (χ3v) is 3.05. The number of nitrogens with one attached hydrogen (secondary N) is 1. The normalized spacial score (nSPS) is 12.5. The maximum absolute atomic E-state index is 5.71. The summed E-state index contributed by atoms with van der Waals surface area (Å²) < 4.78 is 16.3. The summed E-state index contributed by atoms with van der Waals surface area (Å²) in [5.74, 6) is 1.53. The lowest BCUT2D eigenvalue weighted by atomic mass is 10.1. The van der Waals surface area contributed by atoms with Crippen LogP contribution in [0.3, 0.4) is 0 Å². The zero-order valence-corrected chi connectivity index (χ0v) is 13.2. The van der Waals surface area contributed by atoms with Crippen LogP contribution in [0, 0.1) is 0 Å². The van der Waals surface area contributed by atoms with Gasteiger partial charge in [-0.15, -0.1) is 0 Å². The molecule has 0 spiro atoms. The van der Waals surface area contributed by atoms with E-state index in [0.717, 1.165) is 24.5 Å². The molecule has 114 valence electrons. The van der Waals surface area contributed by atoms with E-state index in [9.17, 15) is 0 Å². The third kappa shape index (κ3) is 5.39. The predicted octanol–water partition coefficient (Wildman–Crippen LogP) is 2.65. The van der Waals surface area contributed by atoms with Crippen LogP contribution in [0.1, 0.15) is 26.3 Å². The van der Waals surface area contributed by atoms with Crippen molar-refractivity contribution in [1.29, 1.82) is 0 Å². The summed E-state index contributed by atoms with van der Waals surface area (Å²) in [6.07, 6.45) is 1.16. The van der Waals surface area contributed by atoms with Crippen LogP contribution in [0.2, 0.25) is 0 Å². The monoisotopic (exact) mass is 281 g/mol. The van der Waals surface area contributed by atoms with E-state index in [-0.39, 0.29) is 6.10 Å². The number of ether oxygens (including phenoxy) is 3. The second kappa shape index (κ2) is 8.82. The first-order valence-corrected chi connectivity index (χ1v) is 7.16. The molecule has 0 saturated carbocycles. The number of benzene rings is 1. The van der Waals surface area contributed by atoms with Gasteiger partial charge in [-0.25, -0.2) is 0 Å². The van der Waals surface area contributed by atoms with Crippen molar-refractivity contribution >= 4 is 0 Å². The van der Waals surface area contributed by atoms with Gasteiger partial charge in [0.1, 0.15) is 0 Å². The van der Waals surface area contributed by atoms with Gasteiger partial charge in [-0.1, -0.05) is 13.0 Å². The Labute approximate surface area is 122 Å². The van der Waals surface area contributed by atoms with E-state index < -0.39 is 0 Å². The first-order valence-electron chi connectivity index (χ1n) is 7.16. The highest BCUT2D eigenvalue weighted by Gasteiger charge is 2.12. The summed E-state index contributed by atoms with van der Waals surface area (Å²) in [4.78, 5) is 0. The van der Waals surface area contributed by atoms with E-state index in [2.05, 4.69) is 32.2 Å². The Hall–Kier alpha value is -1.26. The fourth-order valence-corrected chi connectivity index (χ4v) is 2.08. The lowest BCUT2D eigenvalue weighted by molar-refractivity contribution is 0.0616. The molecule has 4 nitrogen and oxygen atoms in total. The molecule has 0 aliphatic carbocycles. The Kier molecular flexibility index (Phi) is 7.41. The molecular weight excluding hydrogens is 254 g/mol. The molecule has 0 bridgehead atoms. The number of rotatable bonds is 9. The van der Waals surface area contributed by atoms with Crippen molar-refractivity contribution in [3.8, 4) is 11.5 Å². The largest absolute Gasteiger partial charge is 0.493 e. The molecule has 1 aromatic rings. The molecule has 0 aromatic heterocycles. The molecule has 0 heterocycles. The topological polar surface area (TPSA) is 39.7 Å². The molecule has 0 aliphatic rings. The average Bonchev–Trinajstić information content (AvgIpc) is 2.44. The van der Waals surface area contributed by atoms with E-state index in [1.807, 2.05) is 12.1 Å². The van der Waals surface area contributed by atoms with E-state index in [4.69, 9.17) is 14.2 Å². The highest BCUT2D eigenvalue weighted by atomic mass is 16.5. The number of methoxy groups -OCH3 is 2. The van der Waals surface area contributed by atoms with Gasteiger partial charge in [0.2, 0.25) is 0 Å². The van der Waals surface area contributed by atoms with Crippen molar-refractivity contribution in [2.24, 2.45) is 0 Å². The van der Waals surface area contributed by atoms with Gasteiger partial charge in [-0.2, -0.15) is 0 Å². The zero-order valence-electron chi connectivity index (χ0n) is 13.2.